The van der Waals surface area contributed by atoms with Gasteiger partial charge >= 0.3 is 0 Å². The van der Waals surface area contributed by atoms with Crippen molar-refractivity contribution in [2.24, 2.45) is 0 Å². The molecule has 0 aromatic heterocycles. The predicted molar refractivity (Wildman–Crippen MR) is 98.0 cm³/mol. The fourth-order valence-electron chi connectivity index (χ4n) is 2.46. The highest BCUT2D eigenvalue weighted by Crippen LogP contribution is 2.22. The van der Waals surface area contributed by atoms with Crippen LogP contribution in [0.3, 0.4) is 0 Å². The van der Waals surface area contributed by atoms with Crippen LogP contribution in [0.15, 0.2) is 54.6 Å². The van der Waals surface area contributed by atoms with Gasteiger partial charge in [-0.3, -0.25) is 4.79 Å². The molecule has 2 rings (SSSR count). The molecule has 0 bridgehead atoms. The number of anilines is 1. The minimum absolute atomic E-state index is 0.263. The number of sulfonamides is 1. The Morgan fingerprint density at radius 2 is 1.72 bits per heavy atom. The van der Waals surface area contributed by atoms with E-state index >= 15 is 0 Å². The minimum Gasteiger partial charge on any atom is -0.497 e. The van der Waals surface area contributed by atoms with Gasteiger partial charge in [-0.15, -0.1) is 0 Å². The fraction of sp³-hybridized carbons (Fsp3) is 0.278. The van der Waals surface area contributed by atoms with Crippen LogP contribution in [0.5, 0.6) is 5.75 Å². The zero-order valence-electron chi connectivity index (χ0n) is 14.5. The van der Waals surface area contributed by atoms with E-state index in [-0.39, 0.29) is 6.54 Å². The van der Waals surface area contributed by atoms with E-state index in [2.05, 4.69) is 5.32 Å². The molecule has 0 heterocycles. The third-order valence-electron chi connectivity index (χ3n) is 3.81. The standard InChI is InChI=1S/C18H22N2O4S/c1-14(15-7-5-4-6-8-15)20(25(3,22)23)13-18(21)19-16-9-11-17(24-2)12-10-16/h4-12,14H,13H2,1-3H3,(H,19,21). The monoisotopic (exact) mass is 362 g/mol. The molecule has 7 heteroatoms. The molecule has 0 radical (unpaired) electrons. The van der Waals surface area contributed by atoms with Crippen LogP contribution in [0.25, 0.3) is 0 Å². The van der Waals surface area contributed by atoms with E-state index in [9.17, 15) is 13.2 Å². The van der Waals surface area contributed by atoms with Gasteiger partial charge in [0.15, 0.2) is 0 Å². The molecule has 1 atom stereocenters. The van der Waals surface area contributed by atoms with Gasteiger partial charge in [-0.2, -0.15) is 4.31 Å². The third kappa shape index (κ3) is 5.30. The Hall–Kier alpha value is -2.38. The predicted octanol–water partition coefficient (Wildman–Crippen LogP) is 2.66. The molecule has 2 aromatic carbocycles. The summed E-state index contributed by atoms with van der Waals surface area (Å²) in [6.45, 7) is 1.50. The van der Waals surface area contributed by atoms with E-state index in [0.29, 0.717) is 11.4 Å². The van der Waals surface area contributed by atoms with Crippen molar-refractivity contribution in [3.05, 3.63) is 60.2 Å². The van der Waals surface area contributed by atoms with Gasteiger partial charge in [-0.1, -0.05) is 30.3 Å². The summed E-state index contributed by atoms with van der Waals surface area (Å²) in [5, 5.41) is 2.70. The van der Waals surface area contributed by atoms with Crippen molar-refractivity contribution in [2.75, 3.05) is 25.2 Å². The quantitative estimate of drug-likeness (QED) is 0.822. The molecule has 1 N–H and O–H groups in total. The van der Waals surface area contributed by atoms with Crippen molar-refractivity contribution in [1.82, 2.24) is 4.31 Å². The number of benzene rings is 2. The largest absolute Gasteiger partial charge is 0.497 e. The normalized spacial score (nSPS) is 12.6. The van der Waals surface area contributed by atoms with Crippen molar-refractivity contribution >= 4 is 21.6 Å². The highest BCUT2D eigenvalue weighted by atomic mass is 32.2. The summed E-state index contributed by atoms with van der Waals surface area (Å²) in [6.07, 6.45) is 1.10. The topological polar surface area (TPSA) is 75.7 Å². The molecule has 0 aliphatic rings. The first-order valence-corrected chi connectivity index (χ1v) is 9.62. The van der Waals surface area contributed by atoms with E-state index in [1.165, 1.54) is 4.31 Å². The van der Waals surface area contributed by atoms with Crippen LogP contribution in [0.2, 0.25) is 0 Å². The third-order valence-corrected chi connectivity index (χ3v) is 5.11. The molecule has 6 nitrogen and oxygen atoms in total. The Balaban J connectivity index is 2.12. The second kappa shape index (κ2) is 8.13. The number of hydrogen-bond acceptors (Lipinski definition) is 4. The number of nitrogens with one attached hydrogen (secondary N) is 1. The molecular weight excluding hydrogens is 340 g/mol. The average Bonchev–Trinajstić information content (AvgIpc) is 2.59. The Labute approximate surface area is 148 Å². The zero-order valence-corrected chi connectivity index (χ0v) is 15.3. The highest BCUT2D eigenvalue weighted by molar-refractivity contribution is 7.88. The van der Waals surface area contributed by atoms with Gasteiger partial charge in [0, 0.05) is 11.7 Å². The number of carbonyl (C=O) groups excluding carboxylic acids is 1. The van der Waals surface area contributed by atoms with Gasteiger partial charge < -0.3 is 10.1 Å². The highest BCUT2D eigenvalue weighted by Gasteiger charge is 2.26. The van der Waals surface area contributed by atoms with Gasteiger partial charge in [-0.05, 0) is 36.8 Å². The number of ether oxygens (including phenoxy) is 1. The smallest absolute Gasteiger partial charge is 0.239 e. The SMILES string of the molecule is COc1ccc(NC(=O)CN(C(C)c2ccccc2)S(C)(=O)=O)cc1. The van der Waals surface area contributed by atoms with Crippen molar-refractivity contribution in [1.29, 1.82) is 0 Å². The molecule has 134 valence electrons. The van der Waals surface area contributed by atoms with E-state index in [1.54, 1.807) is 38.3 Å². The summed E-state index contributed by atoms with van der Waals surface area (Å²) in [4.78, 5) is 12.3. The van der Waals surface area contributed by atoms with Crippen LogP contribution in [0, 0.1) is 0 Å². The lowest BCUT2D eigenvalue weighted by Crippen LogP contribution is -2.39. The maximum atomic E-state index is 12.3. The van der Waals surface area contributed by atoms with Crippen LogP contribution in [-0.2, 0) is 14.8 Å². The van der Waals surface area contributed by atoms with Crippen molar-refractivity contribution < 1.29 is 17.9 Å². The number of nitrogens with zero attached hydrogens (tertiary/aromatic N) is 1. The lowest BCUT2D eigenvalue weighted by atomic mass is 10.1. The Morgan fingerprint density at radius 3 is 2.24 bits per heavy atom. The Morgan fingerprint density at radius 1 is 1.12 bits per heavy atom. The van der Waals surface area contributed by atoms with Crippen LogP contribution in [-0.4, -0.2) is 38.5 Å². The first-order valence-electron chi connectivity index (χ1n) is 7.77. The van der Waals surface area contributed by atoms with Gasteiger partial charge in [-0.25, -0.2) is 8.42 Å². The molecule has 0 spiro atoms. The summed E-state index contributed by atoms with van der Waals surface area (Å²) < 4.78 is 30.5. The van der Waals surface area contributed by atoms with Gasteiger partial charge in [0.25, 0.3) is 0 Å². The lowest BCUT2D eigenvalue weighted by Gasteiger charge is -2.26. The lowest BCUT2D eigenvalue weighted by molar-refractivity contribution is -0.116. The molecule has 0 fully saturated rings. The summed E-state index contributed by atoms with van der Waals surface area (Å²) >= 11 is 0. The van der Waals surface area contributed by atoms with Gasteiger partial charge in [0.1, 0.15) is 5.75 Å². The number of amides is 1. The number of methoxy groups -OCH3 is 1. The number of rotatable bonds is 7. The molecule has 0 saturated carbocycles. The second-order valence-corrected chi connectivity index (χ2v) is 7.61. The van der Waals surface area contributed by atoms with Crippen LogP contribution in [0.4, 0.5) is 5.69 Å². The maximum absolute atomic E-state index is 12.3. The molecule has 0 saturated heterocycles. The van der Waals surface area contributed by atoms with E-state index in [1.807, 2.05) is 30.3 Å². The van der Waals surface area contributed by atoms with Crippen molar-refractivity contribution in [3.63, 3.8) is 0 Å². The van der Waals surface area contributed by atoms with E-state index < -0.39 is 22.0 Å². The second-order valence-electron chi connectivity index (χ2n) is 5.67. The molecule has 2 aromatic rings. The number of carbonyl (C=O) groups is 1. The van der Waals surface area contributed by atoms with E-state index in [0.717, 1.165) is 11.8 Å². The summed E-state index contributed by atoms with van der Waals surface area (Å²) in [6, 6.07) is 15.6. The molecule has 1 unspecified atom stereocenters. The van der Waals surface area contributed by atoms with Crippen LogP contribution < -0.4 is 10.1 Å². The molecule has 0 aliphatic heterocycles. The zero-order chi connectivity index (χ0) is 18.4. The van der Waals surface area contributed by atoms with Gasteiger partial charge in [0.05, 0.1) is 19.9 Å². The summed E-state index contributed by atoms with van der Waals surface area (Å²) in [5.41, 5.74) is 1.40. The Bertz CT molecular complexity index is 805. The molecular formula is C18H22N2O4S. The minimum atomic E-state index is -3.56. The molecule has 25 heavy (non-hydrogen) atoms. The van der Waals surface area contributed by atoms with Gasteiger partial charge in [0.2, 0.25) is 15.9 Å². The summed E-state index contributed by atoms with van der Waals surface area (Å²) in [5.74, 6) is 0.270. The first-order chi connectivity index (χ1) is 11.8. The van der Waals surface area contributed by atoms with Crippen molar-refractivity contribution in [2.45, 2.75) is 13.0 Å². The number of hydrogen-bond donors (Lipinski definition) is 1. The first kappa shape index (κ1) is 19.0. The fourth-order valence-corrected chi connectivity index (χ4v) is 3.50. The van der Waals surface area contributed by atoms with Crippen molar-refractivity contribution in [3.8, 4) is 5.75 Å². The maximum Gasteiger partial charge on any atom is 0.239 e. The van der Waals surface area contributed by atoms with E-state index in [4.69, 9.17) is 4.74 Å². The van der Waals surface area contributed by atoms with Crippen LogP contribution >= 0.6 is 0 Å². The average molecular weight is 362 g/mol. The molecule has 1 amide bonds. The van der Waals surface area contributed by atoms with Crippen LogP contribution in [0.1, 0.15) is 18.5 Å². The summed E-state index contributed by atoms with van der Waals surface area (Å²) in [7, 11) is -2.00. The molecule has 0 aliphatic carbocycles. The Kier molecular flexibility index (Phi) is 6.17.